The maximum Gasteiger partial charge on any atom is 0.0677 e. The number of hydrogen-bond donors (Lipinski definition) is 2. The molecule has 1 aliphatic heterocycles. The highest BCUT2D eigenvalue weighted by Gasteiger charge is 2.26. The summed E-state index contributed by atoms with van der Waals surface area (Å²) >= 11 is 0. The van der Waals surface area contributed by atoms with Gasteiger partial charge < -0.3 is 15.7 Å². The van der Waals surface area contributed by atoms with E-state index in [0.29, 0.717) is 12.6 Å². The van der Waals surface area contributed by atoms with Crippen LogP contribution in [0.15, 0.2) is 30.3 Å². The normalized spacial score (nSPS) is 23.4. The van der Waals surface area contributed by atoms with Gasteiger partial charge in [0.15, 0.2) is 0 Å². The molecule has 1 fully saturated rings. The van der Waals surface area contributed by atoms with Gasteiger partial charge >= 0.3 is 0 Å². The van der Waals surface area contributed by atoms with Crippen LogP contribution in [0, 0.1) is 0 Å². The molecule has 19 heavy (non-hydrogen) atoms. The Bertz CT molecular complexity index is 371. The van der Waals surface area contributed by atoms with Gasteiger partial charge in [-0.05, 0) is 19.0 Å². The smallest absolute Gasteiger partial charge is 0.0677 e. The Morgan fingerprint density at radius 3 is 2.74 bits per heavy atom. The number of rotatable bonds is 5. The fourth-order valence-corrected chi connectivity index (χ4v) is 2.71. The van der Waals surface area contributed by atoms with Gasteiger partial charge in [-0.2, -0.15) is 0 Å². The van der Waals surface area contributed by atoms with Crippen LogP contribution >= 0.6 is 0 Å². The van der Waals surface area contributed by atoms with Gasteiger partial charge in [-0.25, -0.2) is 0 Å². The van der Waals surface area contributed by atoms with E-state index in [1.54, 1.807) is 0 Å². The van der Waals surface area contributed by atoms with Crippen molar-refractivity contribution in [1.29, 1.82) is 0 Å². The fourth-order valence-electron chi connectivity index (χ4n) is 2.71. The molecule has 106 valence electrons. The van der Waals surface area contributed by atoms with Crippen molar-refractivity contribution >= 4 is 0 Å². The van der Waals surface area contributed by atoms with Crippen LogP contribution in [-0.2, 0) is 6.54 Å². The SMILES string of the molecule is CN1CCN(Cc2ccccc2)C(CC(O)CN)C1. The summed E-state index contributed by atoms with van der Waals surface area (Å²) in [5.41, 5.74) is 6.87. The summed E-state index contributed by atoms with van der Waals surface area (Å²) in [7, 11) is 2.14. The van der Waals surface area contributed by atoms with E-state index in [2.05, 4.69) is 41.1 Å². The Hall–Kier alpha value is -0.940. The van der Waals surface area contributed by atoms with Crippen molar-refractivity contribution in [2.75, 3.05) is 33.2 Å². The molecule has 1 aromatic rings. The van der Waals surface area contributed by atoms with Gasteiger partial charge in [0.1, 0.15) is 0 Å². The average Bonchev–Trinajstić information content (AvgIpc) is 2.43. The Labute approximate surface area is 115 Å². The minimum atomic E-state index is -0.394. The second-order valence-electron chi connectivity index (χ2n) is 5.50. The molecule has 2 atom stereocenters. The molecular weight excluding hydrogens is 238 g/mol. The highest BCUT2D eigenvalue weighted by Crippen LogP contribution is 2.17. The molecule has 0 saturated carbocycles. The number of nitrogens with zero attached hydrogens (tertiary/aromatic N) is 2. The molecule has 1 aliphatic rings. The molecule has 1 aromatic carbocycles. The van der Waals surface area contributed by atoms with Crippen molar-refractivity contribution in [2.24, 2.45) is 5.73 Å². The summed E-state index contributed by atoms with van der Waals surface area (Å²) in [6, 6.07) is 10.9. The predicted molar refractivity (Wildman–Crippen MR) is 77.8 cm³/mol. The van der Waals surface area contributed by atoms with E-state index < -0.39 is 6.10 Å². The predicted octanol–water partition coefficient (Wildman–Crippen LogP) is 0.512. The van der Waals surface area contributed by atoms with Crippen LogP contribution < -0.4 is 5.73 Å². The highest BCUT2D eigenvalue weighted by atomic mass is 16.3. The molecule has 3 N–H and O–H groups in total. The van der Waals surface area contributed by atoms with Crippen molar-refractivity contribution in [3.63, 3.8) is 0 Å². The number of likely N-dealkylation sites (N-methyl/N-ethyl adjacent to an activating group) is 1. The molecule has 0 spiro atoms. The van der Waals surface area contributed by atoms with Crippen molar-refractivity contribution in [2.45, 2.75) is 25.1 Å². The average molecular weight is 263 g/mol. The third kappa shape index (κ3) is 4.28. The summed E-state index contributed by atoms with van der Waals surface area (Å²) in [4.78, 5) is 4.80. The summed E-state index contributed by atoms with van der Waals surface area (Å²) in [5, 5.41) is 9.81. The van der Waals surface area contributed by atoms with E-state index in [0.717, 1.165) is 32.6 Å². The third-order valence-electron chi connectivity index (χ3n) is 3.85. The molecule has 2 rings (SSSR count). The lowest BCUT2D eigenvalue weighted by atomic mass is 10.0. The Kier molecular flexibility index (Phi) is 5.34. The van der Waals surface area contributed by atoms with E-state index in [1.807, 2.05) is 6.07 Å². The minimum absolute atomic E-state index is 0.347. The highest BCUT2D eigenvalue weighted by molar-refractivity contribution is 5.14. The van der Waals surface area contributed by atoms with Gasteiger partial charge in [-0.3, -0.25) is 4.90 Å². The summed E-state index contributed by atoms with van der Waals surface area (Å²) in [6.45, 7) is 4.44. The van der Waals surface area contributed by atoms with Gasteiger partial charge in [0.25, 0.3) is 0 Å². The van der Waals surface area contributed by atoms with E-state index in [4.69, 9.17) is 5.73 Å². The molecule has 0 amide bonds. The van der Waals surface area contributed by atoms with E-state index >= 15 is 0 Å². The van der Waals surface area contributed by atoms with Crippen LogP contribution in [0.2, 0.25) is 0 Å². The van der Waals surface area contributed by atoms with Crippen LogP contribution in [0.25, 0.3) is 0 Å². The summed E-state index contributed by atoms with van der Waals surface area (Å²) in [6.07, 6.45) is 0.364. The first-order valence-electron chi connectivity index (χ1n) is 7.03. The van der Waals surface area contributed by atoms with Crippen LogP contribution in [0.1, 0.15) is 12.0 Å². The Morgan fingerprint density at radius 1 is 1.32 bits per heavy atom. The largest absolute Gasteiger partial charge is 0.392 e. The first-order chi connectivity index (χ1) is 9.19. The Balaban J connectivity index is 1.99. The quantitative estimate of drug-likeness (QED) is 0.813. The molecule has 0 radical (unpaired) electrons. The number of nitrogens with two attached hydrogens (primary N) is 1. The zero-order valence-corrected chi connectivity index (χ0v) is 11.7. The lowest BCUT2D eigenvalue weighted by Gasteiger charge is -2.41. The number of hydrogen-bond acceptors (Lipinski definition) is 4. The van der Waals surface area contributed by atoms with Gasteiger partial charge in [0.2, 0.25) is 0 Å². The van der Waals surface area contributed by atoms with Crippen molar-refractivity contribution in [1.82, 2.24) is 9.80 Å². The number of aliphatic hydroxyl groups is 1. The van der Waals surface area contributed by atoms with Crippen LogP contribution in [0.4, 0.5) is 0 Å². The van der Waals surface area contributed by atoms with E-state index in [1.165, 1.54) is 5.56 Å². The molecule has 4 heteroatoms. The first-order valence-corrected chi connectivity index (χ1v) is 7.03. The lowest BCUT2D eigenvalue weighted by molar-refractivity contribution is 0.0454. The second-order valence-corrected chi connectivity index (χ2v) is 5.50. The monoisotopic (exact) mass is 263 g/mol. The standard InChI is InChI=1S/C15H25N3O/c1-17-7-8-18(11-13-5-3-2-4-6-13)14(12-17)9-15(19)10-16/h2-6,14-15,19H,7-12,16H2,1H3. The lowest BCUT2D eigenvalue weighted by Crippen LogP contribution is -2.52. The second kappa shape index (κ2) is 7.01. The van der Waals surface area contributed by atoms with Gasteiger partial charge in [-0.15, -0.1) is 0 Å². The number of benzene rings is 1. The third-order valence-corrected chi connectivity index (χ3v) is 3.85. The molecule has 0 aromatic heterocycles. The van der Waals surface area contributed by atoms with Crippen molar-refractivity contribution in [3.8, 4) is 0 Å². The Morgan fingerprint density at radius 2 is 2.05 bits per heavy atom. The molecule has 1 saturated heterocycles. The topological polar surface area (TPSA) is 52.7 Å². The maximum absolute atomic E-state index is 9.81. The van der Waals surface area contributed by atoms with E-state index in [-0.39, 0.29) is 0 Å². The fraction of sp³-hybridized carbons (Fsp3) is 0.600. The molecule has 2 unspecified atom stereocenters. The number of aliphatic hydroxyl groups excluding tert-OH is 1. The van der Waals surface area contributed by atoms with Gasteiger partial charge in [0.05, 0.1) is 6.10 Å². The van der Waals surface area contributed by atoms with Crippen LogP contribution in [-0.4, -0.2) is 60.3 Å². The molecule has 1 heterocycles. The zero-order valence-electron chi connectivity index (χ0n) is 11.7. The summed E-state index contributed by atoms with van der Waals surface area (Å²) < 4.78 is 0. The maximum atomic E-state index is 9.81. The molecule has 4 nitrogen and oxygen atoms in total. The number of piperazine rings is 1. The zero-order chi connectivity index (χ0) is 13.7. The van der Waals surface area contributed by atoms with Crippen molar-refractivity contribution in [3.05, 3.63) is 35.9 Å². The molecule has 0 aliphatic carbocycles. The van der Waals surface area contributed by atoms with Crippen LogP contribution in [0.3, 0.4) is 0 Å². The van der Waals surface area contributed by atoms with Gasteiger partial charge in [-0.1, -0.05) is 30.3 Å². The molecule has 0 bridgehead atoms. The molecular formula is C15H25N3O. The first kappa shape index (κ1) is 14.5. The minimum Gasteiger partial charge on any atom is -0.392 e. The van der Waals surface area contributed by atoms with Gasteiger partial charge in [0, 0.05) is 38.8 Å². The van der Waals surface area contributed by atoms with Crippen molar-refractivity contribution < 1.29 is 5.11 Å². The van der Waals surface area contributed by atoms with E-state index in [9.17, 15) is 5.11 Å². The van der Waals surface area contributed by atoms with Crippen LogP contribution in [0.5, 0.6) is 0 Å². The summed E-state index contributed by atoms with van der Waals surface area (Å²) in [5.74, 6) is 0.